The molecule has 3 heterocycles. The number of nitrogens with zero attached hydrogens (tertiary/aromatic N) is 3. The first kappa shape index (κ1) is 15.6. The maximum absolute atomic E-state index is 12.7. The van der Waals surface area contributed by atoms with E-state index in [0.29, 0.717) is 11.7 Å². The van der Waals surface area contributed by atoms with Crippen LogP contribution in [0.2, 0.25) is 0 Å². The molecule has 4 rings (SSSR count). The molecule has 6 heteroatoms. The molecular formula is C18H22N4OS. The summed E-state index contributed by atoms with van der Waals surface area (Å²) in [6.07, 6.45) is 7.58. The Bertz CT molecular complexity index is 723. The van der Waals surface area contributed by atoms with Crippen LogP contribution in [0.3, 0.4) is 0 Å². The number of piperidine rings is 1. The summed E-state index contributed by atoms with van der Waals surface area (Å²) >= 11 is 1.65. The molecule has 1 aliphatic carbocycles. The van der Waals surface area contributed by atoms with Gasteiger partial charge in [-0.15, -0.1) is 11.3 Å². The number of carbonyl (C=O) groups excluding carboxylic acids is 1. The molecule has 0 radical (unpaired) electrons. The number of carbonyl (C=O) groups is 1. The van der Waals surface area contributed by atoms with Gasteiger partial charge in [0.15, 0.2) is 0 Å². The van der Waals surface area contributed by atoms with E-state index in [1.165, 1.54) is 18.4 Å². The molecule has 126 valence electrons. The smallest absolute Gasteiger partial charge is 0.315 e. The Morgan fingerprint density at radius 2 is 2.17 bits per heavy atom. The third-order valence-corrected chi connectivity index (χ3v) is 5.82. The van der Waals surface area contributed by atoms with E-state index in [9.17, 15) is 4.79 Å². The number of aromatic nitrogens is 2. The highest BCUT2D eigenvalue weighted by atomic mass is 32.1. The predicted molar refractivity (Wildman–Crippen MR) is 95.4 cm³/mol. The number of rotatable bonds is 3. The van der Waals surface area contributed by atoms with Crippen LogP contribution in [0.1, 0.15) is 60.3 Å². The van der Waals surface area contributed by atoms with E-state index < -0.39 is 0 Å². The van der Waals surface area contributed by atoms with E-state index >= 15 is 0 Å². The normalized spacial score (nSPS) is 20.9. The van der Waals surface area contributed by atoms with Gasteiger partial charge >= 0.3 is 6.03 Å². The molecule has 5 nitrogen and oxygen atoms in total. The SMILES string of the molecule is Cc1csc(C2CCCCN2C(=O)Nc2ccc(C3CC3)cn2)n1. The molecule has 2 aromatic rings. The fraction of sp³-hybridized carbons (Fsp3) is 0.500. The van der Waals surface area contributed by atoms with Gasteiger partial charge in [0.05, 0.1) is 6.04 Å². The van der Waals surface area contributed by atoms with Crippen LogP contribution >= 0.6 is 11.3 Å². The highest BCUT2D eigenvalue weighted by molar-refractivity contribution is 7.09. The van der Waals surface area contributed by atoms with E-state index in [4.69, 9.17) is 0 Å². The van der Waals surface area contributed by atoms with Gasteiger partial charge in [0.2, 0.25) is 0 Å². The summed E-state index contributed by atoms with van der Waals surface area (Å²) in [5, 5.41) is 6.05. The van der Waals surface area contributed by atoms with Crippen molar-refractivity contribution in [3.05, 3.63) is 40.0 Å². The monoisotopic (exact) mass is 342 g/mol. The van der Waals surface area contributed by atoms with Gasteiger partial charge in [0.1, 0.15) is 10.8 Å². The number of nitrogens with one attached hydrogen (secondary N) is 1. The summed E-state index contributed by atoms with van der Waals surface area (Å²) in [5.74, 6) is 1.31. The fourth-order valence-corrected chi connectivity index (χ4v) is 4.22. The Kier molecular flexibility index (Phi) is 4.22. The average Bonchev–Trinajstić information content (AvgIpc) is 3.37. The van der Waals surface area contributed by atoms with Gasteiger partial charge in [-0.25, -0.2) is 14.8 Å². The molecule has 2 aromatic heterocycles. The van der Waals surface area contributed by atoms with E-state index in [1.54, 1.807) is 11.3 Å². The van der Waals surface area contributed by atoms with E-state index in [-0.39, 0.29) is 12.1 Å². The minimum Gasteiger partial charge on any atom is -0.315 e. The summed E-state index contributed by atoms with van der Waals surface area (Å²) in [6, 6.07) is 4.01. The Labute approximate surface area is 146 Å². The Balaban J connectivity index is 1.46. The highest BCUT2D eigenvalue weighted by Crippen LogP contribution is 2.39. The van der Waals surface area contributed by atoms with Crippen LogP contribution in [0.4, 0.5) is 10.6 Å². The van der Waals surface area contributed by atoms with Gasteiger partial charge in [0, 0.05) is 23.8 Å². The molecule has 2 fully saturated rings. The number of pyridine rings is 1. The van der Waals surface area contributed by atoms with Crippen molar-refractivity contribution in [3.8, 4) is 0 Å². The lowest BCUT2D eigenvalue weighted by molar-refractivity contribution is 0.163. The Morgan fingerprint density at radius 3 is 2.83 bits per heavy atom. The van der Waals surface area contributed by atoms with Crippen molar-refractivity contribution in [1.29, 1.82) is 0 Å². The first-order valence-electron chi connectivity index (χ1n) is 8.66. The number of urea groups is 1. The van der Waals surface area contributed by atoms with Crippen molar-refractivity contribution < 1.29 is 4.79 Å². The zero-order valence-electron chi connectivity index (χ0n) is 13.9. The van der Waals surface area contributed by atoms with E-state index in [2.05, 4.69) is 26.7 Å². The van der Waals surface area contributed by atoms with Crippen LogP contribution < -0.4 is 5.32 Å². The summed E-state index contributed by atoms with van der Waals surface area (Å²) < 4.78 is 0. The second kappa shape index (κ2) is 6.51. The summed E-state index contributed by atoms with van der Waals surface area (Å²) in [4.78, 5) is 23.7. The van der Waals surface area contributed by atoms with Crippen LogP contribution in [0.5, 0.6) is 0 Å². The number of hydrogen-bond donors (Lipinski definition) is 1. The number of hydrogen-bond acceptors (Lipinski definition) is 4. The molecule has 24 heavy (non-hydrogen) atoms. The van der Waals surface area contributed by atoms with Crippen LogP contribution in [-0.2, 0) is 0 Å². The molecule has 1 unspecified atom stereocenters. The maximum atomic E-state index is 12.7. The topological polar surface area (TPSA) is 58.1 Å². The molecule has 1 saturated carbocycles. The van der Waals surface area contributed by atoms with Crippen molar-refractivity contribution >= 4 is 23.2 Å². The van der Waals surface area contributed by atoms with Gasteiger partial charge in [-0.2, -0.15) is 0 Å². The Hall–Kier alpha value is -1.95. The number of anilines is 1. The number of thiazole rings is 1. The lowest BCUT2D eigenvalue weighted by Crippen LogP contribution is -2.41. The van der Waals surface area contributed by atoms with Gasteiger partial charge in [-0.05, 0) is 56.6 Å². The maximum Gasteiger partial charge on any atom is 0.323 e. The van der Waals surface area contributed by atoms with Crippen molar-refractivity contribution in [2.75, 3.05) is 11.9 Å². The third kappa shape index (κ3) is 3.29. The second-order valence-corrected chi connectivity index (χ2v) is 7.60. The van der Waals surface area contributed by atoms with Crippen molar-refractivity contribution in [2.45, 2.75) is 51.0 Å². The zero-order chi connectivity index (χ0) is 16.5. The lowest BCUT2D eigenvalue weighted by Gasteiger charge is -2.34. The summed E-state index contributed by atoms with van der Waals surface area (Å²) in [5.41, 5.74) is 2.31. The van der Waals surface area contributed by atoms with E-state index in [1.807, 2.05) is 24.1 Å². The van der Waals surface area contributed by atoms with Crippen LogP contribution in [0.25, 0.3) is 0 Å². The predicted octanol–water partition coefficient (Wildman–Crippen LogP) is 4.48. The highest BCUT2D eigenvalue weighted by Gasteiger charge is 2.30. The number of amides is 2. The number of aryl methyl sites for hydroxylation is 1. The van der Waals surface area contributed by atoms with Crippen LogP contribution in [0, 0.1) is 6.92 Å². The summed E-state index contributed by atoms with van der Waals surface area (Å²) in [7, 11) is 0. The van der Waals surface area contributed by atoms with Gasteiger partial charge < -0.3 is 4.90 Å². The quantitative estimate of drug-likeness (QED) is 0.894. The molecule has 1 atom stereocenters. The molecular weight excluding hydrogens is 320 g/mol. The fourth-order valence-electron chi connectivity index (χ4n) is 3.28. The van der Waals surface area contributed by atoms with Gasteiger partial charge in [0.25, 0.3) is 0 Å². The second-order valence-electron chi connectivity index (χ2n) is 6.71. The minimum atomic E-state index is -0.0702. The molecule has 1 aliphatic heterocycles. The minimum absolute atomic E-state index is 0.0702. The van der Waals surface area contributed by atoms with Crippen LogP contribution in [-0.4, -0.2) is 27.4 Å². The van der Waals surface area contributed by atoms with Crippen LogP contribution in [0.15, 0.2) is 23.7 Å². The van der Waals surface area contributed by atoms with Crippen molar-refractivity contribution in [2.24, 2.45) is 0 Å². The summed E-state index contributed by atoms with van der Waals surface area (Å²) in [6.45, 7) is 2.77. The van der Waals surface area contributed by atoms with Gasteiger partial charge in [-0.3, -0.25) is 5.32 Å². The standard InChI is InChI=1S/C18H22N4OS/c1-12-11-24-17(20-12)15-4-2-3-9-22(15)18(23)21-16-8-7-14(10-19-16)13-5-6-13/h7-8,10-11,13,15H,2-6,9H2,1H3,(H,19,21,23). The van der Waals surface area contributed by atoms with Crippen molar-refractivity contribution in [1.82, 2.24) is 14.9 Å². The molecule has 0 spiro atoms. The Morgan fingerprint density at radius 1 is 1.29 bits per heavy atom. The molecule has 0 bridgehead atoms. The molecule has 1 N–H and O–H groups in total. The molecule has 0 aromatic carbocycles. The average molecular weight is 342 g/mol. The molecule has 1 saturated heterocycles. The zero-order valence-corrected chi connectivity index (χ0v) is 14.7. The lowest BCUT2D eigenvalue weighted by atomic mass is 10.0. The first-order chi connectivity index (χ1) is 11.7. The largest absolute Gasteiger partial charge is 0.323 e. The molecule has 2 aliphatic rings. The number of likely N-dealkylation sites (tertiary alicyclic amines) is 1. The third-order valence-electron chi connectivity index (χ3n) is 4.76. The van der Waals surface area contributed by atoms with E-state index in [0.717, 1.165) is 36.5 Å². The van der Waals surface area contributed by atoms with Crippen molar-refractivity contribution in [3.63, 3.8) is 0 Å². The first-order valence-corrected chi connectivity index (χ1v) is 9.54. The van der Waals surface area contributed by atoms with Gasteiger partial charge in [-0.1, -0.05) is 6.07 Å². The molecule has 2 amide bonds.